The van der Waals surface area contributed by atoms with Gasteiger partial charge < -0.3 is 10.7 Å². The summed E-state index contributed by atoms with van der Waals surface area (Å²) in [5, 5.41) is 1.15. The molecule has 1 heterocycles. The van der Waals surface area contributed by atoms with Crippen LogP contribution in [0.1, 0.15) is 5.56 Å². The van der Waals surface area contributed by atoms with Gasteiger partial charge in [-0.25, -0.2) is 0 Å². The Bertz CT molecular complexity index is 487. The summed E-state index contributed by atoms with van der Waals surface area (Å²) < 4.78 is 0.735. The Labute approximate surface area is 81.4 Å². The molecule has 0 saturated carbocycles. The van der Waals surface area contributed by atoms with Crippen molar-refractivity contribution in [3.05, 3.63) is 40.5 Å². The van der Waals surface area contributed by atoms with E-state index in [4.69, 9.17) is 18.0 Å². The summed E-state index contributed by atoms with van der Waals surface area (Å²) in [4.78, 5) is 3.12. The lowest BCUT2D eigenvalue weighted by Gasteiger charge is -2.03. The van der Waals surface area contributed by atoms with Gasteiger partial charge >= 0.3 is 0 Å². The summed E-state index contributed by atoms with van der Waals surface area (Å²) in [5.74, 6) is 0. The highest BCUT2D eigenvalue weighted by Gasteiger charge is 1.98. The van der Waals surface area contributed by atoms with Crippen molar-refractivity contribution in [2.45, 2.75) is 6.54 Å². The molecule has 2 rings (SSSR count). The van der Waals surface area contributed by atoms with Gasteiger partial charge in [-0.05, 0) is 17.7 Å². The van der Waals surface area contributed by atoms with Crippen LogP contribution in [0.25, 0.3) is 10.9 Å². The van der Waals surface area contributed by atoms with Crippen molar-refractivity contribution in [3.8, 4) is 0 Å². The zero-order valence-corrected chi connectivity index (χ0v) is 7.90. The normalized spacial score (nSPS) is 10.5. The second kappa shape index (κ2) is 3.28. The maximum Gasteiger partial charge on any atom is 0.104 e. The predicted molar refractivity (Wildman–Crippen MR) is 57.0 cm³/mol. The Morgan fingerprint density at radius 1 is 1.31 bits per heavy atom. The minimum Gasteiger partial charge on any atom is -0.346 e. The summed E-state index contributed by atoms with van der Waals surface area (Å²) in [5.41, 5.74) is 7.77. The first kappa shape index (κ1) is 8.41. The van der Waals surface area contributed by atoms with Crippen LogP contribution in [-0.4, -0.2) is 4.98 Å². The van der Waals surface area contributed by atoms with Gasteiger partial charge in [-0.1, -0.05) is 30.4 Å². The Balaban J connectivity index is 2.89. The van der Waals surface area contributed by atoms with Gasteiger partial charge in [-0.2, -0.15) is 0 Å². The first-order valence-corrected chi connectivity index (χ1v) is 4.53. The molecule has 0 unspecified atom stereocenters. The van der Waals surface area contributed by atoms with Gasteiger partial charge in [-0.15, -0.1) is 0 Å². The fourth-order valence-corrected chi connectivity index (χ4v) is 1.70. The van der Waals surface area contributed by atoms with Gasteiger partial charge in [0.2, 0.25) is 0 Å². The van der Waals surface area contributed by atoms with Gasteiger partial charge in [0, 0.05) is 17.4 Å². The number of hydrogen-bond donors (Lipinski definition) is 2. The number of nitrogens with two attached hydrogens (primary N) is 1. The smallest absolute Gasteiger partial charge is 0.104 e. The fraction of sp³-hybridized carbons (Fsp3) is 0.100. The minimum atomic E-state index is 0.527. The highest BCUT2D eigenvalue weighted by molar-refractivity contribution is 7.71. The standard InChI is InChI=1S/C10H10N2S/c11-6-7-5-10(13)12-9-4-2-1-3-8(7)9/h1-5H,6,11H2,(H,12,13). The van der Waals surface area contributed by atoms with Crippen molar-refractivity contribution < 1.29 is 0 Å². The van der Waals surface area contributed by atoms with Crippen molar-refractivity contribution in [2.75, 3.05) is 0 Å². The van der Waals surface area contributed by atoms with E-state index in [1.165, 1.54) is 0 Å². The van der Waals surface area contributed by atoms with E-state index in [1.807, 2.05) is 30.3 Å². The second-order valence-electron chi connectivity index (χ2n) is 2.91. The lowest BCUT2D eigenvalue weighted by atomic mass is 10.1. The van der Waals surface area contributed by atoms with Crippen molar-refractivity contribution in [1.29, 1.82) is 0 Å². The van der Waals surface area contributed by atoms with Gasteiger partial charge in [-0.3, -0.25) is 0 Å². The van der Waals surface area contributed by atoms with Gasteiger partial charge in [0.25, 0.3) is 0 Å². The van der Waals surface area contributed by atoms with Crippen LogP contribution in [0.4, 0.5) is 0 Å². The number of para-hydroxylation sites is 1. The monoisotopic (exact) mass is 190 g/mol. The lowest BCUT2D eigenvalue weighted by Crippen LogP contribution is -1.98. The molecule has 13 heavy (non-hydrogen) atoms. The van der Waals surface area contributed by atoms with E-state index < -0.39 is 0 Å². The highest BCUT2D eigenvalue weighted by atomic mass is 32.1. The SMILES string of the molecule is NCc1cc(=S)[nH]c2ccccc12. The second-order valence-corrected chi connectivity index (χ2v) is 3.35. The van der Waals surface area contributed by atoms with E-state index in [0.717, 1.165) is 21.1 Å². The van der Waals surface area contributed by atoms with E-state index >= 15 is 0 Å². The maximum atomic E-state index is 5.62. The molecule has 0 aliphatic rings. The van der Waals surface area contributed by atoms with E-state index in [-0.39, 0.29) is 0 Å². The molecule has 0 bridgehead atoms. The van der Waals surface area contributed by atoms with Crippen LogP contribution >= 0.6 is 12.2 Å². The molecular formula is C10H10N2S. The molecule has 0 radical (unpaired) electrons. The Morgan fingerprint density at radius 3 is 2.85 bits per heavy atom. The van der Waals surface area contributed by atoms with Gasteiger partial charge in [0.05, 0.1) is 0 Å². The molecule has 0 saturated heterocycles. The molecular weight excluding hydrogens is 180 g/mol. The summed E-state index contributed by atoms with van der Waals surface area (Å²) in [6.45, 7) is 0.527. The largest absolute Gasteiger partial charge is 0.346 e. The van der Waals surface area contributed by atoms with Gasteiger partial charge in [0.15, 0.2) is 0 Å². The summed E-state index contributed by atoms with van der Waals surface area (Å²) in [6, 6.07) is 9.94. The molecule has 0 aliphatic heterocycles. The number of pyridine rings is 1. The molecule has 1 aromatic carbocycles. The number of aromatic nitrogens is 1. The third kappa shape index (κ3) is 1.48. The molecule has 0 aliphatic carbocycles. The van der Waals surface area contributed by atoms with Gasteiger partial charge in [0.1, 0.15) is 4.64 Å². The Hall–Kier alpha value is -1.19. The van der Waals surface area contributed by atoms with E-state index in [1.54, 1.807) is 0 Å². The third-order valence-corrected chi connectivity index (χ3v) is 2.28. The Morgan fingerprint density at radius 2 is 2.08 bits per heavy atom. The molecule has 0 amide bonds. The van der Waals surface area contributed by atoms with E-state index in [9.17, 15) is 0 Å². The first-order valence-electron chi connectivity index (χ1n) is 4.12. The summed E-state index contributed by atoms with van der Waals surface area (Å²) in [7, 11) is 0. The molecule has 0 fully saturated rings. The summed E-state index contributed by atoms with van der Waals surface area (Å²) in [6.07, 6.45) is 0. The van der Waals surface area contributed by atoms with E-state index in [0.29, 0.717) is 6.54 Å². The quantitative estimate of drug-likeness (QED) is 0.678. The van der Waals surface area contributed by atoms with Crippen molar-refractivity contribution in [3.63, 3.8) is 0 Å². The van der Waals surface area contributed by atoms with Crippen LogP contribution in [0.2, 0.25) is 0 Å². The number of nitrogens with one attached hydrogen (secondary N) is 1. The van der Waals surface area contributed by atoms with Crippen molar-refractivity contribution >= 4 is 23.1 Å². The number of fused-ring (bicyclic) bond motifs is 1. The predicted octanol–water partition coefficient (Wildman–Crippen LogP) is 2.36. The van der Waals surface area contributed by atoms with Crippen LogP contribution in [-0.2, 0) is 6.54 Å². The number of hydrogen-bond acceptors (Lipinski definition) is 2. The number of rotatable bonds is 1. The zero-order chi connectivity index (χ0) is 9.26. The first-order chi connectivity index (χ1) is 6.31. The van der Waals surface area contributed by atoms with Crippen LogP contribution in [0.5, 0.6) is 0 Å². The van der Waals surface area contributed by atoms with Crippen molar-refractivity contribution in [1.82, 2.24) is 4.98 Å². The number of aromatic amines is 1. The van der Waals surface area contributed by atoms with Crippen LogP contribution < -0.4 is 5.73 Å². The topological polar surface area (TPSA) is 41.8 Å². The number of H-pyrrole nitrogens is 1. The van der Waals surface area contributed by atoms with Crippen LogP contribution in [0.15, 0.2) is 30.3 Å². The fourth-order valence-electron chi connectivity index (χ4n) is 1.45. The molecule has 2 aromatic rings. The van der Waals surface area contributed by atoms with E-state index in [2.05, 4.69) is 4.98 Å². The lowest BCUT2D eigenvalue weighted by molar-refractivity contribution is 1.08. The zero-order valence-electron chi connectivity index (χ0n) is 7.08. The molecule has 0 atom stereocenters. The molecule has 3 N–H and O–H groups in total. The molecule has 0 spiro atoms. The van der Waals surface area contributed by atoms with Crippen LogP contribution in [0.3, 0.4) is 0 Å². The molecule has 66 valence electrons. The Kier molecular flexibility index (Phi) is 2.12. The third-order valence-electron chi connectivity index (χ3n) is 2.06. The maximum absolute atomic E-state index is 5.62. The summed E-state index contributed by atoms with van der Waals surface area (Å²) >= 11 is 5.08. The average molecular weight is 190 g/mol. The minimum absolute atomic E-state index is 0.527. The number of benzene rings is 1. The molecule has 2 nitrogen and oxygen atoms in total. The molecule has 1 aromatic heterocycles. The average Bonchev–Trinajstić information content (AvgIpc) is 2.16. The van der Waals surface area contributed by atoms with Crippen molar-refractivity contribution in [2.24, 2.45) is 5.73 Å². The molecule has 3 heteroatoms. The highest BCUT2D eigenvalue weighted by Crippen LogP contribution is 2.15. The van der Waals surface area contributed by atoms with Crippen LogP contribution in [0, 0.1) is 4.64 Å².